The lowest BCUT2D eigenvalue weighted by molar-refractivity contribution is -0.111. The molecule has 0 unspecified atom stereocenters. The number of anilines is 2. The summed E-state index contributed by atoms with van der Waals surface area (Å²) < 4.78 is 52.9. The van der Waals surface area contributed by atoms with Crippen LogP contribution in [-0.4, -0.2) is 45.1 Å². The average molecular weight is 551 g/mol. The molecule has 0 saturated carbocycles. The number of nitrogens with zero attached hydrogens (tertiary/aromatic N) is 2. The standard InChI is InChI=1S/C27H26N4O5S2/c1-30(2)37(33,34)23-12-8-21(9-13-23)22-10-14-24(15-11-22)38(35,36)31-18-17-20(19-31)7-16-27(32)29-26-6-4-3-5-25(26)28/h3-19H,28H2,1-2H3,(H,29,32). The SMILES string of the molecule is CN(C)S(=O)(=O)c1ccc(-c2ccc(S(=O)(=O)n3ccc(C=CC(=O)Nc4ccccc4N)c3)cc2)cc1. The van der Waals surface area contributed by atoms with Gasteiger partial charge in [-0.1, -0.05) is 36.4 Å². The molecule has 0 atom stereocenters. The Labute approximate surface area is 221 Å². The van der Waals surface area contributed by atoms with Gasteiger partial charge in [0.25, 0.3) is 10.0 Å². The van der Waals surface area contributed by atoms with Crippen LogP contribution in [0.2, 0.25) is 0 Å². The molecule has 4 aromatic rings. The lowest BCUT2D eigenvalue weighted by Gasteiger charge is -2.12. The Kier molecular flexibility index (Phi) is 7.53. The first-order valence-corrected chi connectivity index (χ1v) is 14.3. The number of hydrogen-bond donors (Lipinski definition) is 2. The van der Waals surface area contributed by atoms with Crippen LogP contribution in [0.1, 0.15) is 5.56 Å². The number of sulfonamides is 1. The molecule has 0 saturated heterocycles. The van der Waals surface area contributed by atoms with Crippen LogP contribution in [0, 0.1) is 0 Å². The fourth-order valence-electron chi connectivity index (χ4n) is 3.57. The van der Waals surface area contributed by atoms with Crippen LogP contribution in [0.3, 0.4) is 0 Å². The Morgan fingerprint density at radius 2 is 1.42 bits per heavy atom. The molecule has 0 aliphatic heterocycles. The molecule has 3 N–H and O–H groups in total. The Balaban J connectivity index is 1.47. The van der Waals surface area contributed by atoms with Crippen molar-refractivity contribution in [1.82, 2.24) is 8.28 Å². The normalized spacial score (nSPS) is 12.2. The first-order chi connectivity index (χ1) is 18.0. The van der Waals surface area contributed by atoms with Gasteiger partial charge in [-0.15, -0.1) is 0 Å². The highest BCUT2D eigenvalue weighted by atomic mass is 32.2. The van der Waals surface area contributed by atoms with E-state index in [1.807, 2.05) is 0 Å². The van der Waals surface area contributed by atoms with Gasteiger partial charge in [0, 0.05) is 32.6 Å². The molecule has 0 aliphatic rings. The summed E-state index contributed by atoms with van der Waals surface area (Å²) in [5.74, 6) is -0.401. The maximum Gasteiger partial charge on any atom is 0.267 e. The van der Waals surface area contributed by atoms with Crippen LogP contribution in [0.15, 0.2) is 107 Å². The smallest absolute Gasteiger partial charge is 0.267 e. The van der Waals surface area contributed by atoms with Gasteiger partial charge in [0.1, 0.15) is 0 Å². The third-order valence-corrected chi connectivity index (χ3v) is 9.21. The summed E-state index contributed by atoms with van der Waals surface area (Å²) in [5.41, 5.74) is 8.75. The summed E-state index contributed by atoms with van der Waals surface area (Å²) in [6, 6.07) is 21.1. The second kappa shape index (κ2) is 10.7. The number of aromatic nitrogens is 1. The molecule has 0 spiro atoms. The van der Waals surface area contributed by atoms with Gasteiger partial charge >= 0.3 is 0 Å². The van der Waals surface area contributed by atoms with E-state index < -0.39 is 26.0 Å². The van der Waals surface area contributed by atoms with E-state index in [9.17, 15) is 21.6 Å². The molecule has 11 heteroatoms. The van der Waals surface area contributed by atoms with Crippen molar-refractivity contribution >= 4 is 43.4 Å². The van der Waals surface area contributed by atoms with Gasteiger partial charge in [0.2, 0.25) is 15.9 Å². The van der Waals surface area contributed by atoms with Crippen LogP contribution in [-0.2, 0) is 24.8 Å². The zero-order chi connectivity index (χ0) is 27.5. The molecular weight excluding hydrogens is 524 g/mol. The largest absolute Gasteiger partial charge is 0.397 e. The van der Waals surface area contributed by atoms with Crippen molar-refractivity contribution in [2.75, 3.05) is 25.1 Å². The van der Waals surface area contributed by atoms with E-state index in [1.54, 1.807) is 54.6 Å². The molecule has 0 aliphatic carbocycles. The van der Waals surface area contributed by atoms with Crippen molar-refractivity contribution in [1.29, 1.82) is 0 Å². The van der Waals surface area contributed by atoms with E-state index in [0.29, 0.717) is 16.9 Å². The molecule has 3 aromatic carbocycles. The van der Waals surface area contributed by atoms with Crippen molar-refractivity contribution in [2.45, 2.75) is 9.79 Å². The summed E-state index contributed by atoms with van der Waals surface area (Å²) >= 11 is 0. The van der Waals surface area contributed by atoms with Gasteiger partial charge in [0.05, 0.1) is 21.2 Å². The molecule has 0 bridgehead atoms. The van der Waals surface area contributed by atoms with E-state index in [0.717, 1.165) is 19.4 Å². The highest BCUT2D eigenvalue weighted by Crippen LogP contribution is 2.25. The molecule has 1 heterocycles. The van der Waals surface area contributed by atoms with Crippen molar-refractivity contribution < 1.29 is 21.6 Å². The number of benzene rings is 3. The van der Waals surface area contributed by atoms with Gasteiger partial charge in [-0.25, -0.2) is 25.1 Å². The summed E-state index contributed by atoms with van der Waals surface area (Å²) in [7, 11) is -4.47. The highest BCUT2D eigenvalue weighted by molar-refractivity contribution is 7.90. The zero-order valence-electron chi connectivity index (χ0n) is 20.6. The number of nitrogens with one attached hydrogen (secondary N) is 1. The lowest BCUT2D eigenvalue weighted by atomic mass is 10.1. The van der Waals surface area contributed by atoms with E-state index in [1.165, 1.54) is 62.9 Å². The predicted octanol–water partition coefficient (Wildman–Crippen LogP) is 3.88. The van der Waals surface area contributed by atoms with Crippen LogP contribution in [0.25, 0.3) is 17.2 Å². The number of hydrogen-bond acceptors (Lipinski definition) is 6. The van der Waals surface area contributed by atoms with E-state index >= 15 is 0 Å². The van der Waals surface area contributed by atoms with Crippen molar-refractivity contribution in [3.05, 3.63) is 103 Å². The van der Waals surface area contributed by atoms with Crippen LogP contribution < -0.4 is 11.1 Å². The number of para-hydroxylation sites is 2. The van der Waals surface area contributed by atoms with Crippen molar-refractivity contribution in [2.24, 2.45) is 0 Å². The Hall–Kier alpha value is -4.19. The number of nitrogens with two attached hydrogens (primary N) is 1. The maximum atomic E-state index is 13.1. The average Bonchev–Trinajstić information content (AvgIpc) is 3.39. The molecule has 38 heavy (non-hydrogen) atoms. The van der Waals surface area contributed by atoms with Crippen LogP contribution in [0.4, 0.5) is 11.4 Å². The number of rotatable bonds is 8. The van der Waals surface area contributed by atoms with Crippen LogP contribution >= 0.6 is 0 Å². The van der Waals surface area contributed by atoms with Crippen LogP contribution in [0.5, 0.6) is 0 Å². The molecular formula is C27H26N4O5S2. The Morgan fingerprint density at radius 1 is 0.842 bits per heavy atom. The second-order valence-corrected chi connectivity index (χ2v) is 12.5. The minimum atomic E-state index is -3.86. The quantitative estimate of drug-likeness (QED) is 0.253. The monoisotopic (exact) mass is 550 g/mol. The first-order valence-electron chi connectivity index (χ1n) is 11.4. The van der Waals surface area contributed by atoms with Gasteiger partial charge in [-0.3, -0.25) is 4.79 Å². The van der Waals surface area contributed by atoms with Gasteiger partial charge in [0.15, 0.2) is 0 Å². The van der Waals surface area contributed by atoms with Gasteiger partial charge < -0.3 is 11.1 Å². The second-order valence-electron chi connectivity index (χ2n) is 8.53. The molecule has 1 amide bonds. The van der Waals surface area contributed by atoms with Crippen molar-refractivity contribution in [3.63, 3.8) is 0 Å². The third kappa shape index (κ3) is 5.70. The molecule has 0 fully saturated rings. The molecule has 1 aromatic heterocycles. The fraction of sp³-hybridized carbons (Fsp3) is 0.0741. The minimum absolute atomic E-state index is 0.0801. The van der Waals surface area contributed by atoms with Gasteiger partial charge in [-0.2, -0.15) is 0 Å². The minimum Gasteiger partial charge on any atom is -0.397 e. The fourth-order valence-corrected chi connectivity index (χ4v) is 5.68. The molecule has 9 nitrogen and oxygen atoms in total. The molecule has 196 valence electrons. The predicted molar refractivity (Wildman–Crippen MR) is 148 cm³/mol. The third-order valence-electron chi connectivity index (χ3n) is 5.73. The first kappa shape index (κ1) is 26.9. The lowest BCUT2D eigenvalue weighted by Crippen LogP contribution is -2.22. The Morgan fingerprint density at radius 3 is 2.00 bits per heavy atom. The number of amides is 1. The summed E-state index contributed by atoms with van der Waals surface area (Å²) in [6.45, 7) is 0. The summed E-state index contributed by atoms with van der Waals surface area (Å²) in [4.78, 5) is 12.5. The molecule has 4 rings (SSSR count). The molecule has 0 radical (unpaired) electrons. The summed E-state index contributed by atoms with van der Waals surface area (Å²) in [6.07, 6.45) is 5.61. The van der Waals surface area contributed by atoms with Gasteiger partial charge in [-0.05, 0) is 65.2 Å². The zero-order valence-corrected chi connectivity index (χ0v) is 22.3. The van der Waals surface area contributed by atoms with Crippen molar-refractivity contribution in [3.8, 4) is 11.1 Å². The van der Waals surface area contributed by atoms with E-state index in [4.69, 9.17) is 5.73 Å². The van der Waals surface area contributed by atoms with E-state index in [-0.39, 0.29) is 9.79 Å². The number of nitrogen functional groups attached to an aromatic ring is 1. The number of carbonyl (C=O) groups excluding carboxylic acids is 1. The number of carbonyl (C=O) groups is 1. The van der Waals surface area contributed by atoms with E-state index in [2.05, 4.69) is 5.32 Å². The Bertz CT molecular complexity index is 1710. The topological polar surface area (TPSA) is 132 Å². The maximum absolute atomic E-state index is 13.1. The summed E-state index contributed by atoms with van der Waals surface area (Å²) in [5, 5.41) is 2.67. The highest BCUT2D eigenvalue weighted by Gasteiger charge is 2.18.